The summed E-state index contributed by atoms with van der Waals surface area (Å²) in [6, 6.07) is 17.4. The standard InChI is InChI=1S/C25H18N2O4S/c28-23-20(13-27(25(31)26-23)12-15-11-21(24(29)30)32-14-15)22-18-7-3-1-5-16(18)9-10-17-6-2-4-8-19(17)22/h1-11,13-14,22H,12H2,(H,29,30)(H,26,28,31). The summed E-state index contributed by atoms with van der Waals surface area (Å²) in [6.45, 7) is 0.167. The van der Waals surface area contributed by atoms with Gasteiger partial charge in [-0.1, -0.05) is 60.7 Å². The smallest absolute Gasteiger partial charge is 0.345 e. The normalized spacial score (nSPS) is 12.8. The lowest BCUT2D eigenvalue weighted by molar-refractivity contribution is 0.0702. The molecule has 0 bridgehead atoms. The Bertz CT molecular complexity index is 1440. The Morgan fingerprint density at radius 1 is 0.969 bits per heavy atom. The lowest BCUT2D eigenvalue weighted by atomic mass is 9.83. The fourth-order valence-electron chi connectivity index (χ4n) is 4.15. The third-order valence-corrected chi connectivity index (χ3v) is 6.59. The van der Waals surface area contributed by atoms with Gasteiger partial charge in [-0.3, -0.25) is 14.3 Å². The third kappa shape index (κ3) is 3.52. The van der Waals surface area contributed by atoms with E-state index in [1.54, 1.807) is 17.6 Å². The molecular formula is C25H18N2O4S. The van der Waals surface area contributed by atoms with Gasteiger partial charge in [-0.15, -0.1) is 11.3 Å². The van der Waals surface area contributed by atoms with E-state index in [4.69, 9.17) is 0 Å². The highest BCUT2D eigenvalue weighted by atomic mass is 32.1. The Kier molecular flexibility index (Phi) is 4.95. The summed E-state index contributed by atoms with van der Waals surface area (Å²) in [6.07, 6.45) is 5.68. The van der Waals surface area contributed by atoms with Crippen LogP contribution in [0, 0.1) is 0 Å². The average molecular weight is 442 g/mol. The van der Waals surface area contributed by atoms with Crippen LogP contribution in [0.3, 0.4) is 0 Å². The SMILES string of the molecule is O=C(O)c1cc(Cn2cc(C3c4ccccc4C=Cc4ccccc43)c(=O)[nH]c2=O)cs1. The number of fused-ring (bicyclic) bond motifs is 2. The molecule has 0 atom stereocenters. The van der Waals surface area contributed by atoms with E-state index in [-0.39, 0.29) is 17.3 Å². The third-order valence-electron chi connectivity index (χ3n) is 5.62. The zero-order valence-corrected chi connectivity index (χ0v) is 17.6. The summed E-state index contributed by atoms with van der Waals surface area (Å²) in [7, 11) is 0. The minimum absolute atomic E-state index is 0.167. The van der Waals surface area contributed by atoms with Gasteiger partial charge in [-0.2, -0.15) is 0 Å². The van der Waals surface area contributed by atoms with E-state index in [1.807, 2.05) is 60.7 Å². The predicted octanol–water partition coefficient (Wildman–Crippen LogP) is 4.01. The number of benzene rings is 2. The Hall–Kier alpha value is -3.97. The van der Waals surface area contributed by atoms with Gasteiger partial charge in [0, 0.05) is 17.7 Å². The van der Waals surface area contributed by atoms with Gasteiger partial charge in [0.25, 0.3) is 5.56 Å². The molecule has 0 saturated carbocycles. The van der Waals surface area contributed by atoms with Crippen molar-refractivity contribution in [2.45, 2.75) is 12.5 Å². The molecule has 1 aliphatic carbocycles. The number of nitrogens with zero attached hydrogens (tertiary/aromatic N) is 1. The highest BCUT2D eigenvalue weighted by molar-refractivity contribution is 7.12. The van der Waals surface area contributed by atoms with E-state index in [0.29, 0.717) is 11.1 Å². The molecule has 2 aromatic carbocycles. The maximum Gasteiger partial charge on any atom is 0.345 e. The van der Waals surface area contributed by atoms with E-state index in [1.165, 1.54) is 4.57 Å². The number of carboxylic acids is 1. The van der Waals surface area contributed by atoms with Crippen molar-refractivity contribution in [1.29, 1.82) is 0 Å². The first-order chi connectivity index (χ1) is 15.5. The number of hydrogen-bond donors (Lipinski definition) is 2. The number of H-pyrrole nitrogens is 1. The van der Waals surface area contributed by atoms with Gasteiger partial charge >= 0.3 is 11.7 Å². The van der Waals surface area contributed by atoms with Crippen molar-refractivity contribution in [1.82, 2.24) is 9.55 Å². The van der Waals surface area contributed by atoms with Crippen LogP contribution in [0.5, 0.6) is 0 Å². The van der Waals surface area contributed by atoms with Crippen LogP contribution in [0.4, 0.5) is 0 Å². The van der Waals surface area contributed by atoms with Crippen molar-refractivity contribution < 1.29 is 9.90 Å². The second-order valence-corrected chi connectivity index (χ2v) is 8.53. The van der Waals surface area contributed by atoms with Crippen molar-refractivity contribution in [3.63, 3.8) is 0 Å². The molecule has 0 amide bonds. The maximum atomic E-state index is 13.0. The van der Waals surface area contributed by atoms with Crippen molar-refractivity contribution in [3.8, 4) is 0 Å². The van der Waals surface area contributed by atoms with Crippen LogP contribution >= 0.6 is 11.3 Å². The van der Waals surface area contributed by atoms with E-state index < -0.39 is 17.2 Å². The highest BCUT2D eigenvalue weighted by Crippen LogP contribution is 2.37. The molecule has 2 heterocycles. The fourth-order valence-corrected chi connectivity index (χ4v) is 4.89. The summed E-state index contributed by atoms with van der Waals surface area (Å²) in [4.78, 5) is 39.4. The molecule has 0 unspecified atom stereocenters. The van der Waals surface area contributed by atoms with E-state index in [9.17, 15) is 19.5 Å². The van der Waals surface area contributed by atoms with Crippen LogP contribution < -0.4 is 11.2 Å². The quantitative estimate of drug-likeness (QED) is 0.440. The van der Waals surface area contributed by atoms with Crippen LogP contribution in [0.25, 0.3) is 12.2 Å². The molecule has 0 fully saturated rings. The van der Waals surface area contributed by atoms with Crippen LogP contribution in [-0.4, -0.2) is 20.6 Å². The summed E-state index contributed by atoms with van der Waals surface area (Å²) in [5, 5.41) is 10.9. The van der Waals surface area contributed by atoms with E-state index >= 15 is 0 Å². The number of carboxylic acid groups (broad SMARTS) is 1. The van der Waals surface area contributed by atoms with E-state index in [2.05, 4.69) is 4.98 Å². The summed E-state index contributed by atoms with van der Waals surface area (Å²) < 4.78 is 1.42. The van der Waals surface area contributed by atoms with Crippen LogP contribution in [0.1, 0.15) is 49.0 Å². The van der Waals surface area contributed by atoms with E-state index in [0.717, 1.165) is 33.6 Å². The summed E-state index contributed by atoms with van der Waals surface area (Å²) >= 11 is 1.11. The van der Waals surface area contributed by atoms with Crippen molar-refractivity contribution >= 4 is 29.5 Å². The second-order valence-electron chi connectivity index (χ2n) is 7.62. The molecule has 2 aromatic heterocycles. The minimum Gasteiger partial charge on any atom is -0.477 e. The Morgan fingerprint density at radius 2 is 1.59 bits per heavy atom. The first kappa shape index (κ1) is 20.0. The number of aromatic amines is 1. The average Bonchev–Trinajstić information content (AvgIpc) is 3.19. The van der Waals surface area contributed by atoms with Gasteiger partial charge in [0.2, 0.25) is 0 Å². The lowest BCUT2D eigenvalue weighted by Crippen LogP contribution is -2.33. The zero-order valence-electron chi connectivity index (χ0n) is 16.8. The van der Waals surface area contributed by atoms with Gasteiger partial charge < -0.3 is 5.11 Å². The molecule has 158 valence electrons. The molecule has 0 radical (unpaired) electrons. The topological polar surface area (TPSA) is 92.2 Å². The monoisotopic (exact) mass is 442 g/mol. The molecule has 5 rings (SSSR count). The Morgan fingerprint density at radius 3 is 2.19 bits per heavy atom. The first-order valence-electron chi connectivity index (χ1n) is 10.0. The molecule has 32 heavy (non-hydrogen) atoms. The molecule has 0 saturated heterocycles. The fraction of sp³-hybridized carbons (Fsp3) is 0.0800. The van der Waals surface area contributed by atoms with Crippen molar-refractivity contribution in [3.05, 3.63) is 125 Å². The zero-order chi connectivity index (χ0) is 22.2. The van der Waals surface area contributed by atoms with Crippen molar-refractivity contribution in [2.75, 3.05) is 0 Å². The molecule has 7 heteroatoms. The number of thiophene rings is 1. The summed E-state index contributed by atoms with van der Waals surface area (Å²) in [5.41, 5.74) is 4.16. The molecule has 0 aliphatic heterocycles. The number of aromatic nitrogens is 2. The van der Waals surface area contributed by atoms with Crippen molar-refractivity contribution in [2.24, 2.45) is 0 Å². The second kappa shape index (κ2) is 7.94. The highest BCUT2D eigenvalue weighted by Gasteiger charge is 2.26. The van der Waals surface area contributed by atoms with Crippen LogP contribution in [-0.2, 0) is 6.54 Å². The molecule has 1 aliphatic rings. The molecule has 2 N–H and O–H groups in total. The maximum absolute atomic E-state index is 13.0. The molecule has 0 spiro atoms. The van der Waals surface area contributed by atoms with Crippen LogP contribution in [0.2, 0.25) is 0 Å². The number of aromatic carboxylic acids is 1. The largest absolute Gasteiger partial charge is 0.477 e. The van der Waals surface area contributed by atoms with Gasteiger partial charge in [0.1, 0.15) is 4.88 Å². The number of carbonyl (C=O) groups is 1. The van der Waals surface area contributed by atoms with Gasteiger partial charge in [-0.25, -0.2) is 9.59 Å². The predicted molar refractivity (Wildman–Crippen MR) is 124 cm³/mol. The van der Waals surface area contributed by atoms with Crippen LogP contribution in [0.15, 0.2) is 75.8 Å². The number of hydrogen-bond acceptors (Lipinski definition) is 4. The molecule has 4 aromatic rings. The van der Waals surface area contributed by atoms with Gasteiger partial charge in [0.05, 0.1) is 6.54 Å². The van der Waals surface area contributed by atoms with Gasteiger partial charge in [0.15, 0.2) is 0 Å². The lowest BCUT2D eigenvalue weighted by Gasteiger charge is -2.21. The molecule has 6 nitrogen and oxygen atoms in total. The number of nitrogens with one attached hydrogen (secondary N) is 1. The first-order valence-corrected chi connectivity index (χ1v) is 10.9. The summed E-state index contributed by atoms with van der Waals surface area (Å²) in [5.74, 6) is -1.36. The number of rotatable bonds is 4. The Labute approximate surface area is 186 Å². The minimum atomic E-state index is -1.00. The Balaban J connectivity index is 1.67. The molecular weight excluding hydrogens is 424 g/mol. The van der Waals surface area contributed by atoms with Gasteiger partial charge in [-0.05, 0) is 39.3 Å².